The fraction of sp³-hybridized carbons (Fsp3) is 0.300. The molecule has 0 heterocycles. The van der Waals surface area contributed by atoms with Gasteiger partial charge in [0.1, 0.15) is 0 Å². The van der Waals surface area contributed by atoms with E-state index in [9.17, 15) is 9.90 Å². The zero-order valence-corrected chi connectivity index (χ0v) is 8.15. The predicted molar refractivity (Wildman–Crippen MR) is 52.8 cm³/mol. The Bertz CT molecular complexity index is 347. The van der Waals surface area contributed by atoms with Gasteiger partial charge in [0.15, 0.2) is 0 Å². The molecule has 1 aromatic rings. The molecule has 0 aromatic heterocycles. The Morgan fingerprint density at radius 3 is 2.64 bits per heavy atom. The molecule has 76 valence electrons. The molecule has 0 saturated carbocycles. The van der Waals surface area contributed by atoms with Crippen molar-refractivity contribution in [1.82, 2.24) is 0 Å². The van der Waals surface area contributed by atoms with Gasteiger partial charge in [0.25, 0.3) is 0 Å². The molecule has 1 aromatic carbocycles. The molecule has 1 rings (SSSR count). The minimum atomic E-state index is -0.594. The van der Waals surface area contributed by atoms with Gasteiger partial charge in [0, 0.05) is 5.69 Å². The molecule has 0 amide bonds. The van der Waals surface area contributed by atoms with Crippen molar-refractivity contribution in [3.05, 3.63) is 29.3 Å². The Morgan fingerprint density at radius 1 is 1.57 bits per heavy atom. The van der Waals surface area contributed by atoms with Crippen LogP contribution in [-0.4, -0.2) is 18.2 Å². The number of esters is 1. The molecule has 0 bridgehead atoms. The van der Waals surface area contributed by atoms with E-state index in [1.54, 1.807) is 25.1 Å². The lowest BCUT2D eigenvalue weighted by Gasteiger charge is -2.08. The van der Waals surface area contributed by atoms with Gasteiger partial charge in [-0.2, -0.15) is 0 Å². The third-order valence-corrected chi connectivity index (χ3v) is 1.96. The van der Waals surface area contributed by atoms with Gasteiger partial charge >= 0.3 is 5.97 Å². The summed E-state index contributed by atoms with van der Waals surface area (Å²) in [5.74, 6) is -0.473. The number of aliphatic hydroxyl groups excluding tert-OH is 1. The molecule has 1 unspecified atom stereocenters. The summed E-state index contributed by atoms with van der Waals surface area (Å²) in [4.78, 5) is 11.2. The summed E-state index contributed by atoms with van der Waals surface area (Å²) in [6.45, 7) is 1.63. The maximum Gasteiger partial charge on any atom is 0.339 e. The minimum Gasteiger partial charge on any atom is -0.465 e. The SMILES string of the molecule is COC(=O)c1ccc(C(C)O)cc1N. The van der Waals surface area contributed by atoms with Crippen LogP contribution in [0.5, 0.6) is 0 Å². The fourth-order valence-electron chi connectivity index (χ4n) is 1.14. The predicted octanol–water partition coefficient (Wildman–Crippen LogP) is 1.11. The van der Waals surface area contributed by atoms with Crippen molar-refractivity contribution in [2.24, 2.45) is 0 Å². The van der Waals surface area contributed by atoms with Crippen LogP contribution in [-0.2, 0) is 4.74 Å². The van der Waals surface area contributed by atoms with E-state index in [0.29, 0.717) is 16.8 Å². The van der Waals surface area contributed by atoms with Crippen LogP contribution >= 0.6 is 0 Å². The standard InChI is InChI=1S/C10H13NO3/c1-6(12)7-3-4-8(9(11)5-7)10(13)14-2/h3-6,12H,11H2,1-2H3. The highest BCUT2D eigenvalue weighted by Gasteiger charge is 2.11. The number of aliphatic hydroxyl groups is 1. The highest BCUT2D eigenvalue weighted by atomic mass is 16.5. The molecule has 3 N–H and O–H groups in total. The molecule has 0 aliphatic carbocycles. The maximum absolute atomic E-state index is 11.2. The first-order valence-corrected chi connectivity index (χ1v) is 4.22. The summed E-state index contributed by atoms with van der Waals surface area (Å²) >= 11 is 0. The first kappa shape index (κ1) is 10.5. The average molecular weight is 195 g/mol. The third kappa shape index (κ3) is 2.03. The van der Waals surface area contributed by atoms with Crippen molar-refractivity contribution in [3.8, 4) is 0 Å². The van der Waals surface area contributed by atoms with Gasteiger partial charge < -0.3 is 15.6 Å². The lowest BCUT2D eigenvalue weighted by Crippen LogP contribution is -2.06. The smallest absolute Gasteiger partial charge is 0.339 e. The number of anilines is 1. The normalized spacial score (nSPS) is 12.2. The van der Waals surface area contributed by atoms with Crippen LogP contribution in [0, 0.1) is 0 Å². The van der Waals surface area contributed by atoms with E-state index in [4.69, 9.17) is 5.73 Å². The van der Waals surface area contributed by atoms with E-state index in [2.05, 4.69) is 4.74 Å². The lowest BCUT2D eigenvalue weighted by molar-refractivity contribution is 0.0602. The van der Waals surface area contributed by atoms with Crippen molar-refractivity contribution >= 4 is 11.7 Å². The van der Waals surface area contributed by atoms with Gasteiger partial charge in [0.2, 0.25) is 0 Å². The monoisotopic (exact) mass is 195 g/mol. The van der Waals surface area contributed by atoms with E-state index in [-0.39, 0.29) is 0 Å². The molecule has 4 nitrogen and oxygen atoms in total. The van der Waals surface area contributed by atoms with E-state index < -0.39 is 12.1 Å². The van der Waals surface area contributed by atoms with Crippen molar-refractivity contribution in [2.45, 2.75) is 13.0 Å². The number of ether oxygens (including phenoxy) is 1. The summed E-state index contributed by atoms with van der Waals surface area (Å²) in [6, 6.07) is 4.76. The summed E-state index contributed by atoms with van der Waals surface area (Å²) in [7, 11) is 1.30. The number of hydrogen-bond acceptors (Lipinski definition) is 4. The zero-order chi connectivity index (χ0) is 10.7. The van der Waals surface area contributed by atoms with Crippen LogP contribution < -0.4 is 5.73 Å². The van der Waals surface area contributed by atoms with Crippen LogP contribution in [0.1, 0.15) is 28.9 Å². The number of nitrogen functional groups attached to an aromatic ring is 1. The molecule has 0 fully saturated rings. The Morgan fingerprint density at radius 2 is 2.21 bits per heavy atom. The van der Waals surface area contributed by atoms with Crippen LogP contribution in [0.3, 0.4) is 0 Å². The number of carbonyl (C=O) groups excluding carboxylic acids is 1. The fourth-order valence-corrected chi connectivity index (χ4v) is 1.14. The first-order valence-electron chi connectivity index (χ1n) is 4.22. The van der Waals surface area contributed by atoms with Crippen molar-refractivity contribution < 1.29 is 14.6 Å². The highest BCUT2D eigenvalue weighted by Crippen LogP contribution is 2.19. The number of benzene rings is 1. The van der Waals surface area contributed by atoms with Gasteiger partial charge in [-0.05, 0) is 24.6 Å². The Hall–Kier alpha value is -1.55. The number of carbonyl (C=O) groups is 1. The number of rotatable bonds is 2. The average Bonchev–Trinajstić information content (AvgIpc) is 2.16. The largest absolute Gasteiger partial charge is 0.465 e. The van der Waals surface area contributed by atoms with Crippen molar-refractivity contribution in [2.75, 3.05) is 12.8 Å². The summed E-state index contributed by atoms with van der Waals surface area (Å²) in [6.07, 6.45) is -0.594. The maximum atomic E-state index is 11.2. The molecular formula is C10H13NO3. The molecule has 0 saturated heterocycles. The second-order valence-electron chi connectivity index (χ2n) is 3.01. The number of hydrogen-bond donors (Lipinski definition) is 2. The lowest BCUT2D eigenvalue weighted by atomic mass is 10.1. The molecule has 0 aliphatic heterocycles. The second kappa shape index (κ2) is 4.11. The van der Waals surface area contributed by atoms with Crippen LogP contribution in [0.4, 0.5) is 5.69 Å². The van der Waals surface area contributed by atoms with E-state index in [0.717, 1.165) is 0 Å². The third-order valence-electron chi connectivity index (χ3n) is 1.96. The summed E-state index contributed by atoms with van der Waals surface area (Å²) in [5, 5.41) is 9.26. The van der Waals surface area contributed by atoms with Crippen molar-refractivity contribution in [3.63, 3.8) is 0 Å². The summed E-state index contributed by atoms with van der Waals surface area (Å²) < 4.78 is 4.54. The topological polar surface area (TPSA) is 72.5 Å². The number of nitrogens with two attached hydrogens (primary N) is 1. The Kier molecular flexibility index (Phi) is 3.09. The molecule has 14 heavy (non-hydrogen) atoms. The highest BCUT2D eigenvalue weighted by molar-refractivity contribution is 5.95. The molecular weight excluding hydrogens is 182 g/mol. The number of methoxy groups -OCH3 is 1. The quantitative estimate of drug-likeness (QED) is 0.547. The minimum absolute atomic E-state index is 0.315. The molecule has 0 spiro atoms. The van der Waals surface area contributed by atoms with Gasteiger partial charge in [-0.3, -0.25) is 0 Å². The molecule has 0 radical (unpaired) electrons. The first-order chi connectivity index (χ1) is 6.56. The molecule has 4 heteroatoms. The van der Waals surface area contributed by atoms with Gasteiger partial charge in [-0.15, -0.1) is 0 Å². The van der Waals surface area contributed by atoms with E-state index >= 15 is 0 Å². The summed E-state index contributed by atoms with van der Waals surface area (Å²) in [5.41, 5.74) is 6.93. The van der Waals surface area contributed by atoms with Crippen LogP contribution in [0.2, 0.25) is 0 Å². The van der Waals surface area contributed by atoms with Crippen LogP contribution in [0.15, 0.2) is 18.2 Å². The Balaban J connectivity index is 3.07. The molecule has 0 aliphatic rings. The second-order valence-corrected chi connectivity index (χ2v) is 3.01. The zero-order valence-electron chi connectivity index (χ0n) is 8.15. The van der Waals surface area contributed by atoms with E-state index in [1.165, 1.54) is 7.11 Å². The Labute approximate surface area is 82.3 Å². The van der Waals surface area contributed by atoms with Crippen molar-refractivity contribution in [1.29, 1.82) is 0 Å². The van der Waals surface area contributed by atoms with E-state index in [1.807, 2.05) is 0 Å². The van der Waals surface area contributed by atoms with Gasteiger partial charge in [-0.25, -0.2) is 4.79 Å². The molecule has 1 atom stereocenters. The van der Waals surface area contributed by atoms with Crippen LogP contribution in [0.25, 0.3) is 0 Å². The van der Waals surface area contributed by atoms with Gasteiger partial charge in [0.05, 0.1) is 18.8 Å². The van der Waals surface area contributed by atoms with Gasteiger partial charge in [-0.1, -0.05) is 6.07 Å².